The van der Waals surface area contributed by atoms with E-state index in [0.29, 0.717) is 17.0 Å². The van der Waals surface area contributed by atoms with Gasteiger partial charge in [-0.1, -0.05) is 5.16 Å². The van der Waals surface area contributed by atoms with Crippen LogP contribution in [0.15, 0.2) is 33.7 Å². The number of pyridine rings is 1. The van der Waals surface area contributed by atoms with Gasteiger partial charge in [-0.05, 0) is 22.0 Å². The Hall–Kier alpha value is -2.53. The fraction of sp³-hybridized carbons (Fsp3) is 0. The maximum absolute atomic E-state index is 8.90. The molecule has 0 saturated heterocycles. The first-order valence-corrected chi connectivity index (χ1v) is 5.95. The first-order chi connectivity index (χ1) is 9.28. The van der Waals surface area contributed by atoms with E-state index in [0.717, 1.165) is 4.47 Å². The van der Waals surface area contributed by atoms with Crippen LogP contribution >= 0.6 is 15.9 Å². The Kier molecular flexibility index (Phi) is 2.81. The van der Waals surface area contributed by atoms with Gasteiger partial charge in [-0.15, -0.1) is 0 Å². The molecule has 19 heavy (non-hydrogen) atoms. The molecular weight excluding hydrogens is 312 g/mol. The van der Waals surface area contributed by atoms with Gasteiger partial charge in [0.15, 0.2) is 0 Å². The van der Waals surface area contributed by atoms with Crippen LogP contribution in [0.5, 0.6) is 0 Å². The average molecular weight is 317 g/mol. The number of rotatable bonds is 2. The van der Waals surface area contributed by atoms with Gasteiger partial charge in [-0.2, -0.15) is 15.3 Å². The lowest BCUT2D eigenvalue weighted by atomic mass is 10.2. The molecule has 7 nitrogen and oxygen atoms in total. The number of hydrogen-bond acceptors (Lipinski definition) is 6. The number of hydrogen-bond donors (Lipinski definition) is 1. The van der Waals surface area contributed by atoms with Gasteiger partial charge in [-0.3, -0.25) is 10.1 Å². The Morgan fingerprint density at radius 2 is 2.21 bits per heavy atom. The molecular formula is C11H5BrN6O. The number of halogens is 1. The molecule has 3 aromatic rings. The molecule has 0 unspecified atom stereocenters. The van der Waals surface area contributed by atoms with E-state index in [-0.39, 0.29) is 11.6 Å². The zero-order valence-electron chi connectivity index (χ0n) is 9.33. The molecule has 3 aromatic heterocycles. The normalized spacial score (nSPS) is 10.3. The SMILES string of the molecule is N#Cc1[nH]ncc1-c1nc(-c2cncc(Br)c2)no1. The van der Waals surface area contributed by atoms with Gasteiger partial charge in [0.1, 0.15) is 11.8 Å². The average Bonchev–Trinajstić information content (AvgIpc) is 3.07. The molecule has 0 atom stereocenters. The molecule has 0 saturated carbocycles. The number of nitriles is 1. The molecule has 0 aliphatic rings. The fourth-order valence-corrected chi connectivity index (χ4v) is 1.88. The summed E-state index contributed by atoms with van der Waals surface area (Å²) in [5.74, 6) is 0.633. The Morgan fingerprint density at radius 1 is 1.32 bits per heavy atom. The highest BCUT2D eigenvalue weighted by Gasteiger charge is 2.15. The second-order valence-electron chi connectivity index (χ2n) is 3.59. The lowest BCUT2D eigenvalue weighted by Gasteiger charge is -1.93. The van der Waals surface area contributed by atoms with E-state index < -0.39 is 0 Å². The smallest absolute Gasteiger partial charge is 0.262 e. The standard InChI is InChI=1S/C11H5BrN6O/c12-7-1-6(3-14-4-7)10-16-11(19-18-10)8-5-15-17-9(8)2-13/h1,3-5H,(H,15,17). The van der Waals surface area contributed by atoms with E-state index in [9.17, 15) is 0 Å². The van der Waals surface area contributed by atoms with Gasteiger partial charge in [0, 0.05) is 22.4 Å². The minimum atomic E-state index is 0.236. The quantitative estimate of drug-likeness (QED) is 0.776. The van der Waals surface area contributed by atoms with Crippen LogP contribution in [0.4, 0.5) is 0 Å². The Balaban J connectivity index is 2.03. The minimum Gasteiger partial charge on any atom is -0.333 e. The number of nitrogens with one attached hydrogen (secondary N) is 1. The molecule has 0 spiro atoms. The third-order valence-corrected chi connectivity index (χ3v) is 2.80. The van der Waals surface area contributed by atoms with Crippen molar-refractivity contribution in [2.75, 3.05) is 0 Å². The topological polar surface area (TPSA) is 104 Å². The summed E-state index contributed by atoms with van der Waals surface area (Å²) in [6.45, 7) is 0. The van der Waals surface area contributed by atoms with E-state index >= 15 is 0 Å². The first kappa shape index (κ1) is 11.6. The number of aromatic nitrogens is 5. The van der Waals surface area contributed by atoms with E-state index in [2.05, 4.69) is 41.3 Å². The van der Waals surface area contributed by atoms with Crippen molar-refractivity contribution in [2.45, 2.75) is 0 Å². The summed E-state index contributed by atoms with van der Waals surface area (Å²) in [7, 11) is 0. The second-order valence-corrected chi connectivity index (χ2v) is 4.50. The highest BCUT2D eigenvalue weighted by molar-refractivity contribution is 9.10. The van der Waals surface area contributed by atoms with E-state index in [1.807, 2.05) is 12.1 Å². The number of H-pyrrole nitrogens is 1. The fourth-order valence-electron chi connectivity index (χ4n) is 1.52. The van der Waals surface area contributed by atoms with Crippen molar-refractivity contribution in [3.8, 4) is 28.9 Å². The number of nitrogens with zero attached hydrogens (tertiary/aromatic N) is 5. The van der Waals surface area contributed by atoms with Gasteiger partial charge in [0.25, 0.3) is 5.89 Å². The van der Waals surface area contributed by atoms with Crippen LogP contribution in [-0.4, -0.2) is 25.3 Å². The lowest BCUT2D eigenvalue weighted by Crippen LogP contribution is -1.84. The van der Waals surface area contributed by atoms with E-state index in [4.69, 9.17) is 9.78 Å². The van der Waals surface area contributed by atoms with E-state index in [1.54, 1.807) is 12.4 Å². The van der Waals surface area contributed by atoms with Gasteiger partial charge in [0.2, 0.25) is 5.82 Å². The third kappa shape index (κ3) is 2.11. The molecule has 0 fully saturated rings. The summed E-state index contributed by atoms with van der Waals surface area (Å²) in [6, 6.07) is 3.79. The van der Waals surface area contributed by atoms with Crippen LogP contribution in [0.3, 0.4) is 0 Å². The van der Waals surface area contributed by atoms with Crippen molar-refractivity contribution in [1.82, 2.24) is 25.3 Å². The van der Waals surface area contributed by atoms with Crippen molar-refractivity contribution >= 4 is 15.9 Å². The van der Waals surface area contributed by atoms with Crippen LogP contribution < -0.4 is 0 Å². The summed E-state index contributed by atoms with van der Waals surface area (Å²) >= 11 is 3.32. The first-order valence-electron chi connectivity index (χ1n) is 5.16. The van der Waals surface area contributed by atoms with Crippen molar-refractivity contribution < 1.29 is 4.52 Å². The zero-order valence-corrected chi connectivity index (χ0v) is 10.9. The molecule has 1 N–H and O–H groups in total. The monoisotopic (exact) mass is 316 g/mol. The maximum atomic E-state index is 8.90. The molecule has 0 radical (unpaired) electrons. The Bertz CT molecular complexity index is 771. The molecule has 92 valence electrons. The van der Waals surface area contributed by atoms with Crippen molar-refractivity contribution in [3.05, 3.63) is 34.8 Å². The highest BCUT2D eigenvalue weighted by atomic mass is 79.9. The van der Waals surface area contributed by atoms with Gasteiger partial charge < -0.3 is 4.52 Å². The second kappa shape index (κ2) is 4.62. The van der Waals surface area contributed by atoms with Gasteiger partial charge in [-0.25, -0.2) is 0 Å². The molecule has 3 heterocycles. The molecule has 8 heteroatoms. The summed E-state index contributed by atoms with van der Waals surface area (Å²) < 4.78 is 5.95. The lowest BCUT2D eigenvalue weighted by molar-refractivity contribution is 0.432. The van der Waals surface area contributed by atoms with Crippen LogP contribution in [0.2, 0.25) is 0 Å². The summed E-state index contributed by atoms with van der Waals surface area (Å²) in [5, 5.41) is 19.1. The zero-order chi connectivity index (χ0) is 13.2. The van der Waals surface area contributed by atoms with Crippen LogP contribution in [0.25, 0.3) is 22.8 Å². The Morgan fingerprint density at radius 3 is 3.00 bits per heavy atom. The summed E-state index contributed by atoms with van der Waals surface area (Å²) in [5.41, 5.74) is 1.47. The maximum Gasteiger partial charge on any atom is 0.262 e. The number of aromatic amines is 1. The third-order valence-electron chi connectivity index (χ3n) is 2.37. The summed E-state index contributed by atoms with van der Waals surface area (Å²) in [4.78, 5) is 8.25. The molecule has 0 amide bonds. The molecule has 0 aromatic carbocycles. The minimum absolute atomic E-state index is 0.236. The van der Waals surface area contributed by atoms with Gasteiger partial charge >= 0.3 is 0 Å². The molecule has 0 aliphatic carbocycles. The Labute approximate surface area is 115 Å². The van der Waals surface area contributed by atoms with Crippen LogP contribution in [0.1, 0.15) is 5.69 Å². The van der Waals surface area contributed by atoms with Crippen molar-refractivity contribution in [1.29, 1.82) is 5.26 Å². The summed E-state index contributed by atoms with van der Waals surface area (Å²) in [6.07, 6.45) is 4.75. The predicted molar refractivity (Wildman–Crippen MR) is 67.5 cm³/mol. The molecule has 3 rings (SSSR count). The van der Waals surface area contributed by atoms with Crippen molar-refractivity contribution in [3.63, 3.8) is 0 Å². The largest absolute Gasteiger partial charge is 0.333 e. The van der Waals surface area contributed by atoms with E-state index in [1.165, 1.54) is 6.20 Å². The molecule has 0 bridgehead atoms. The predicted octanol–water partition coefficient (Wildman–Crippen LogP) is 2.16. The van der Waals surface area contributed by atoms with Crippen LogP contribution in [0, 0.1) is 11.3 Å². The van der Waals surface area contributed by atoms with Crippen molar-refractivity contribution in [2.24, 2.45) is 0 Å². The van der Waals surface area contributed by atoms with Crippen LogP contribution in [-0.2, 0) is 0 Å². The van der Waals surface area contributed by atoms with Gasteiger partial charge in [0.05, 0.1) is 11.8 Å². The highest BCUT2D eigenvalue weighted by Crippen LogP contribution is 2.24. The molecule has 0 aliphatic heterocycles.